The van der Waals surface area contributed by atoms with Crippen LogP contribution in [-0.2, 0) is 0 Å². The molecule has 0 radical (unpaired) electrons. The molecule has 15 heavy (non-hydrogen) atoms. The van der Waals surface area contributed by atoms with E-state index in [9.17, 15) is 0 Å². The van der Waals surface area contributed by atoms with Gasteiger partial charge in [-0.3, -0.25) is 0 Å². The van der Waals surface area contributed by atoms with E-state index in [0.29, 0.717) is 0 Å². The highest BCUT2D eigenvalue weighted by atomic mass is 35.5. The van der Waals surface area contributed by atoms with Crippen LogP contribution in [0.4, 0.5) is 5.69 Å². The molecule has 0 aliphatic rings. The number of para-hydroxylation sites is 1. The Morgan fingerprint density at radius 1 is 1.33 bits per heavy atom. The van der Waals surface area contributed by atoms with E-state index in [0.717, 1.165) is 29.1 Å². The molecule has 0 fully saturated rings. The van der Waals surface area contributed by atoms with Crippen LogP contribution < -0.4 is 5.73 Å². The summed E-state index contributed by atoms with van der Waals surface area (Å²) in [5, 5.41) is 0.890. The third-order valence-corrected chi connectivity index (χ3v) is 2.63. The molecule has 0 spiro atoms. The zero-order valence-electron chi connectivity index (χ0n) is 9.17. The molecule has 2 N–H and O–H groups in total. The van der Waals surface area contributed by atoms with Crippen molar-refractivity contribution in [2.45, 2.75) is 32.6 Å². The van der Waals surface area contributed by atoms with Crippen molar-refractivity contribution in [1.29, 1.82) is 0 Å². The molecule has 2 heteroatoms. The van der Waals surface area contributed by atoms with E-state index in [2.05, 4.69) is 6.92 Å². The zero-order chi connectivity index (χ0) is 11.1. The van der Waals surface area contributed by atoms with Gasteiger partial charge in [-0.2, -0.15) is 0 Å². The van der Waals surface area contributed by atoms with Gasteiger partial charge in [0.05, 0.1) is 0 Å². The van der Waals surface area contributed by atoms with Crippen LogP contribution in [0, 0.1) is 0 Å². The predicted octanol–water partition coefficient (Wildman–Crippen LogP) is 4.43. The van der Waals surface area contributed by atoms with Crippen molar-refractivity contribution < 1.29 is 0 Å². The molecule has 0 heterocycles. The van der Waals surface area contributed by atoms with Gasteiger partial charge in [0.15, 0.2) is 0 Å². The maximum Gasteiger partial charge on any atom is 0.0388 e. The van der Waals surface area contributed by atoms with Crippen molar-refractivity contribution in [1.82, 2.24) is 0 Å². The van der Waals surface area contributed by atoms with Crippen LogP contribution in [0.25, 0.3) is 6.08 Å². The SMILES string of the molecule is CCCCC/C(Cl)=C/c1ccccc1N. The summed E-state index contributed by atoms with van der Waals surface area (Å²) in [6.07, 6.45) is 6.51. The summed E-state index contributed by atoms with van der Waals surface area (Å²) in [7, 11) is 0. The normalized spacial score (nSPS) is 11.7. The standard InChI is InChI=1S/C13H18ClN/c1-2-3-4-8-12(14)10-11-7-5-6-9-13(11)15/h5-7,9-10H,2-4,8,15H2,1H3/b12-10-. The summed E-state index contributed by atoms with van der Waals surface area (Å²) >= 11 is 6.13. The van der Waals surface area contributed by atoms with E-state index >= 15 is 0 Å². The van der Waals surface area contributed by atoms with Crippen LogP contribution in [0.15, 0.2) is 29.3 Å². The molecule has 0 atom stereocenters. The molecule has 0 saturated heterocycles. The Bertz CT molecular complexity index is 331. The van der Waals surface area contributed by atoms with E-state index in [1.807, 2.05) is 30.3 Å². The van der Waals surface area contributed by atoms with E-state index < -0.39 is 0 Å². The summed E-state index contributed by atoms with van der Waals surface area (Å²) in [6, 6.07) is 7.77. The first kappa shape index (κ1) is 12.1. The van der Waals surface area contributed by atoms with E-state index in [1.165, 1.54) is 12.8 Å². The Labute approximate surface area is 96.9 Å². The molecule has 1 aromatic rings. The lowest BCUT2D eigenvalue weighted by Crippen LogP contribution is -1.88. The topological polar surface area (TPSA) is 26.0 Å². The number of halogens is 1. The molecule has 0 bridgehead atoms. The van der Waals surface area contributed by atoms with Gasteiger partial charge in [0.2, 0.25) is 0 Å². The van der Waals surface area contributed by atoms with E-state index in [1.54, 1.807) is 0 Å². The number of unbranched alkanes of at least 4 members (excludes halogenated alkanes) is 2. The minimum Gasteiger partial charge on any atom is -0.398 e. The number of rotatable bonds is 5. The molecule has 0 saturated carbocycles. The van der Waals surface area contributed by atoms with Crippen molar-refractivity contribution in [3.8, 4) is 0 Å². The number of hydrogen-bond acceptors (Lipinski definition) is 1. The highest BCUT2D eigenvalue weighted by Crippen LogP contribution is 2.20. The summed E-state index contributed by atoms with van der Waals surface area (Å²) in [5.41, 5.74) is 7.62. The minimum absolute atomic E-state index is 0.783. The quantitative estimate of drug-likeness (QED) is 0.580. The number of benzene rings is 1. The Morgan fingerprint density at radius 3 is 2.73 bits per heavy atom. The first-order valence-electron chi connectivity index (χ1n) is 5.44. The van der Waals surface area contributed by atoms with Crippen molar-refractivity contribution >= 4 is 23.4 Å². The van der Waals surface area contributed by atoms with Crippen LogP contribution in [-0.4, -0.2) is 0 Å². The Hall–Kier alpha value is -0.950. The third-order valence-electron chi connectivity index (χ3n) is 2.33. The molecule has 0 unspecified atom stereocenters. The lowest BCUT2D eigenvalue weighted by molar-refractivity contribution is 0.726. The van der Waals surface area contributed by atoms with Gasteiger partial charge < -0.3 is 5.73 Å². The number of nitrogen functional groups attached to an aromatic ring is 1. The second kappa shape index (κ2) is 6.52. The summed E-state index contributed by atoms with van der Waals surface area (Å²) in [5.74, 6) is 0. The van der Waals surface area contributed by atoms with Crippen LogP contribution in [0.1, 0.15) is 38.2 Å². The highest BCUT2D eigenvalue weighted by molar-refractivity contribution is 6.31. The smallest absolute Gasteiger partial charge is 0.0388 e. The molecule has 0 aliphatic heterocycles. The second-order valence-corrected chi connectivity index (χ2v) is 4.16. The lowest BCUT2D eigenvalue weighted by Gasteiger charge is -2.01. The second-order valence-electron chi connectivity index (χ2n) is 3.68. The van der Waals surface area contributed by atoms with Crippen LogP contribution in [0.2, 0.25) is 0 Å². The maximum absolute atomic E-state index is 6.13. The van der Waals surface area contributed by atoms with Crippen molar-refractivity contribution in [3.05, 3.63) is 34.9 Å². The predicted molar refractivity (Wildman–Crippen MR) is 68.8 cm³/mol. The molecular weight excluding hydrogens is 206 g/mol. The van der Waals surface area contributed by atoms with Crippen LogP contribution in [0.5, 0.6) is 0 Å². The molecule has 0 aliphatic carbocycles. The Morgan fingerprint density at radius 2 is 2.07 bits per heavy atom. The molecule has 82 valence electrons. The Kier molecular flexibility index (Phi) is 5.27. The molecular formula is C13H18ClN. The van der Waals surface area contributed by atoms with E-state index in [-0.39, 0.29) is 0 Å². The monoisotopic (exact) mass is 223 g/mol. The summed E-state index contributed by atoms with van der Waals surface area (Å²) < 4.78 is 0. The van der Waals surface area contributed by atoms with Crippen molar-refractivity contribution in [2.75, 3.05) is 5.73 Å². The van der Waals surface area contributed by atoms with Gasteiger partial charge in [0.25, 0.3) is 0 Å². The number of hydrogen-bond donors (Lipinski definition) is 1. The molecule has 1 rings (SSSR count). The van der Waals surface area contributed by atoms with E-state index in [4.69, 9.17) is 17.3 Å². The van der Waals surface area contributed by atoms with Gasteiger partial charge in [-0.1, -0.05) is 49.6 Å². The Balaban J connectivity index is 2.58. The number of anilines is 1. The fourth-order valence-electron chi connectivity index (χ4n) is 1.43. The molecule has 1 nitrogen and oxygen atoms in total. The van der Waals surface area contributed by atoms with Crippen LogP contribution in [0.3, 0.4) is 0 Å². The minimum atomic E-state index is 0.783. The molecule has 0 amide bonds. The largest absolute Gasteiger partial charge is 0.398 e. The van der Waals surface area contributed by atoms with Gasteiger partial charge in [-0.15, -0.1) is 0 Å². The van der Waals surface area contributed by atoms with Crippen LogP contribution >= 0.6 is 11.6 Å². The molecule has 1 aromatic carbocycles. The first-order valence-corrected chi connectivity index (χ1v) is 5.82. The first-order chi connectivity index (χ1) is 7.24. The van der Waals surface area contributed by atoms with Gasteiger partial charge in [-0.25, -0.2) is 0 Å². The zero-order valence-corrected chi connectivity index (χ0v) is 9.93. The fourth-order valence-corrected chi connectivity index (χ4v) is 1.68. The fraction of sp³-hybridized carbons (Fsp3) is 0.385. The van der Waals surface area contributed by atoms with Gasteiger partial charge >= 0.3 is 0 Å². The number of nitrogens with two attached hydrogens (primary N) is 1. The third kappa shape index (κ3) is 4.39. The average Bonchev–Trinajstić information content (AvgIpc) is 2.22. The number of allylic oxidation sites excluding steroid dienone is 1. The summed E-state index contributed by atoms with van der Waals surface area (Å²) in [4.78, 5) is 0. The van der Waals surface area contributed by atoms with Gasteiger partial charge in [0, 0.05) is 10.7 Å². The van der Waals surface area contributed by atoms with Gasteiger partial charge in [0.1, 0.15) is 0 Å². The molecule has 0 aromatic heterocycles. The van der Waals surface area contributed by atoms with Crippen molar-refractivity contribution in [2.24, 2.45) is 0 Å². The lowest BCUT2D eigenvalue weighted by atomic mass is 10.1. The maximum atomic E-state index is 6.13. The van der Waals surface area contributed by atoms with Gasteiger partial charge in [-0.05, 0) is 30.5 Å². The highest BCUT2D eigenvalue weighted by Gasteiger charge is 1.97. The average molecular weight is 224 g/mol. The summed E-state index contributed by atoms with van der Waals surface area (Å²) in [6.45, 7) is 2.19. The van der Waals surface area contributed by atoms with Crippen molar-refractivity contribution in [3.63, 3.8) is 0 Å².